The molecule has 0 radical (unpaired) electrons. The van der Waals surface area contributed by atoms with Crippen molar-refractivity contribution in [2.75, 3.05) is 20.2 Å². The van der Waals surface area contributed by atoms with E-state index in [0.29, 0.717) is 17.9 Å². The molecule has 106 valence electrons. The second-order valence-corrected chi connectivity index (χ2v) is 4.51. The van der Waals surface area contributed by atoms with Crippen molar-refractivity contribution in [3.63, 3.8) is 0 Å². The van der Waals surface area contributed by atoms with Crippen LogP contribution in [0.25, 0.3) is 0 Å². The van der Waals surface area contributed by atoms with Gasteiger partial charge in [0.15, 0.2) is 0 Å². The number of carbonyl (C=O) groups excluding carboxylic acids is 1. The van der Waals surface area contributed by atoms with Crippen molar-refractivity contribution in [1.29, 1.82) is 0 Å². The summed E-state index contributed by atoms with van der Waals surface area (Å²) in [7, 11) is 1.57. The van der Waals surface area contributed by atoms with E-state index in [2.05, 4.69) is 12.2 Å². The zero-order valence-electron chi connectivity index (χ0n) is 11.9. The molecule has 1 N–H and O–H groups in total. The maximum Gasteiger partial charge on any atom is 0.338 e. The minimum atomic E-state index is -0.316. The summed E-state index contributed by atoms with van der Waals surface area (Å²) in [6, 6.07) is 6.98. The van der Waals surface area contributed by atoms with Gasteiger partial charge in [-0.15, -0.1) is 0 Å². The number of rotatable bonds is 8. The van der Waals surface area contributed by atoms with Crippen molar-refractivity contribution in [3.8, 4) is 5.75 Å². The van der Waals surface area contributed by atoms with E-state index in [1.54, 1.807) is 31.4 Å². The molecule has 1 atom stereocenters. The number of esters is 1. The fourth-order valence-corrected chi connectivity index (χ4v) is 1.65. The van der Waals surface area contributed by atoms with Crippen LogP contribution < -0.4 is 10.1 Å². The largest absolute Gasteiger partial charge is 0.497 e. The van der Waals surface area contributed by atoms with Crippen molar-refractivity contribution >= 4 is 5.97 Å². The van der Waals surface area contributed by atoms with E-state index in [0.717, 1.165) is 19.4 Å². The third-order valence-corrected chi connectivity index (χ3v) is 2.75. The van der Waals surface area contributed by atoms with Gasteiger partial charge >= 0.3 is 5.97 Å². The molecule has 0 saturated carbocycles. The molecule has 0 bridgehead atoms. The molecule has 0 aliphatic rings. The number of ether oxygens (including phenoxy) is 2. The van der Waals surface area contributed by atoms with E-state index in [9.17, 15) is 4.79 Å². The predicted molar refractivity (Wildman–Crippen MR) is 75.6 cm³/mol. The van der Waals surface area contributed by atoms with Crippen molar-refractivity contribution in [3.05, 3.63) is 29.8 Å². The smallest absolute Gasteiger partial charge is 0.338 e. The van der Waals surface area contributed by atoms with Crippen molar-refractivity contribution in [1.82, 2.24) is 5.32 Å². The molecule has 0 aliphatic carbocycles. The lowest BCUT2D eigenvalue weighted by molar-refractivity contribution is 0.0342. The summed E-state index contributed by atoms with van der Waals surface area (Å²) in [6.45, 7) is 5.66. The monoisotopic (exact) mass is 265 g/mol. The van der Waals surface area contributed by atoms with Crippen LogP contribution in [0.15, 0.2) is 24.3 Å². The summed E-state index contributed by atoms with van der Waals surface area (Å²) in [4.78, 5) is 11.9. The van der Waals surface area contributed by atoms with Crippen molar-refractivity contribution < 1.29 is 14.3 Å². The Kier molecular flexibility index (Phi) is 6.97. The SMILES string of the molecule is CCCCNCC(C)OC(=O)c1cccc(OC)c1. The Morgan fingerprint density at radius 3 is 2.89 bits per heavy atom. The summed E-state index contributed by atoms with van der Waals surface area (Å²) in [5.74, 6) is 0.340. The minimum Gasteiger partial charge on any atom is -0.497 e. The molecule has 0 spiro atoms. The Morgan fingerprint density at radius 1 is 1.42 bits per heavy atom. The molecule has 0 amide bonds. The van der Waals surface area contributed by atoms with Crippen molar-refractivity contribution in [2.45, 2.75) is 32.8 Å². The first-order valence-corrected chi connectivity index (χ1v) is 6.73. The van der Waals surface area contributed by atoms with Gasteiger partial charge in [0.1, 0.15) is 11.9 Å². The van der Waals surface area contributed by atoms with Crippen LogP contribution in [0.5, 0.6) is 5.75 Å². The van der Waals surface area contributed by atoms with Crippen LogP contribution in [0.3, 0.4) is 0 Å². The fraction of sp³-hybridized carbons (Fsp3) is 0.533. The number of unbranched alkanes of at least 4 members (excludes halogenated alkanes) is 1. The number of carbonyl (C=O) groups is 1. The first kappa shape index (κ1) is 15.5. The molecule has 4 heteroatoms. The lowest BCUT2D eigenvalue weighted by atomic mass is 10.2. The Bertz CT molecular complexity index is 393. The third kappa shape index (κ3) is 5.75. The van der Waals surface area contributed by atoms with E-state index < -0.39 is 0 Å². The molecule has 0 heterocycles. The Morgan fingerprint density at radius 2 is 2.21 bits per heavy atom. The number of benzene rings is 1. The van der Waals surface area contributed by atoms with Gasteiger partial charge < -0.3 is 14.8 Å². The Labute approximate surface area is 115 Å². The highest BCUT2D eigenvalue weighted by atomic mass is 16.5. The normalized spacial score (nSPS) is 11.9. The van der Waals surface area contributed by atoms with Gasteiger partial charge in [-0.3, -0.25) is 0 Å². The maximum atomic E-state index is 11.9. The van der Waals surface area contributed by atoms with Gasteiger partial charge in [0.25, 0.3) is 0 Å². The van der Waals surface area contributed by atoms with E-state index in [-0.39, 0.29) is 12.1 Å². The summed E-state index contributed by atoms with van der Waals surface area (Å²) >= 11 is 0. The molecule has 0 saturated heterocycles. The molecule has 1 unspecified atom stereocenters. The molecule has 0 aromatic heterocycles. The highest BCUT2D eigenvalue weighted by Crippen LogP contribution is 2.13. The molecule has 1 rings (SSSR count). The van der Waals surface area contributed by atoms with Crippen LogP contribution in [0.4, 0.5) is 0 Å². The van der Waals surface area contributed by atoms with Gasteiger partial charge in [-0.05, 0) is 38.1 Å². The summed E-state index contributed by atoms with van der Waals surface area (Å²) in [5, 5.41) is 3.26. The van der Waals surface area contributed by atoms with E-state index in [1.165, 1.54) is 0 Å². The average molecular weight is 265 g/mol. The van der Waals surface area contributed by atoms with Crippen LogP contribution in [-0.2, 0) is 4.74 Å². The lowest BCUT2D eigenvalue weighted by Gasteiger charge is -2.14. The van der Waals surface area contributed by atoms with Crippen LogP contribution in [0.1, 0.15) is 37.0 Å². The first-order valence-electron chi connectivity index (χ1n) is 6.73. The highest BCUT2D eigenvalue weighted by molar-refractivity contribution is 5.89. The van der Waals surface area contributed by atoms with Gasteiger partial charge in [0, 0.05) is 6.54 Å². The van der Waals surface area contributed by atoms with E-state index >= 15 is 0 Å². The van der Waals surface area contributed by atoms with Crippen LogP contribution in [0.2, 0.25) is 0 Å². The molecule has 1 aromatic carbocycles. The van der Waals surface area contributed by atoms with Gasteiger partial charge in [0.2, 0.25) is 0 Å². The van der Waals surface area contributed by atoms with Gasteiger partial charge in [0.05, 0.1) is 12.7 Å². The standard InChI is InChI=1S/C15H23NO3/c1-4-5-9-16-11-12(2)19-15(17)13-7-6-8-14(10-13)18-3/h6-8,10,12,16H,4-5,9,11H2,1-3H3. The molecular weight excluding hydrogens is 242 g/mol. The zero-order chi connectivity index (χ0) is 14.1. The van der Waals surface area contributed by atoms with Gasteiger partial charge in [-0.25, -0.2) is 4.79 Å². The quantitative estimate of drug-likeness (QED) is 0.580. The van der Waals surface area contributed by atoms with Gasteiger partial charge in [-0.2, -0.15) is 0 Å². The Hall–Kier alpha value is -1.55. The number of hydrogen-bond acceptors (Lipinski definition) is 4. The zero-order valence-corrected chi connectivity index (χ0v) is 11.9. The molecule has 19 heavy (non-hydrogen) atoms. The lowest BCUT2D eigenvalue weighted by Crippen LogP contribution is -2.29. The predicted octanol–water partition coefficient (Wildman–Crippen LogP) is 2.63. The summed E-state index contributed by atoms with van der Waals surface area (Å²) in [5.41, 5.74) is 0.514. The summed E-state index contributed by atoms with van der Waals surface area (Å²) < 4.78 is 10.4. The Balaban J connectivity index is 2.40. The number of methoxy groups -OCH3 is 1. The molecule has 1 aromatic rings. The molecule has 4 nitrogen and oxygen atoms in total. The van der Waals surface area contributed by atoms with E-state index in [1.807, 2.05) is 6.92 Å². The minimum absolute atomic E-state index is 0.143. The van der Waals surface area contributed by atoms with E-state index in [4.69, 9.17) is 9.47 Å². The average Bonchev–Trinajstić information content (AvgIpc) is 2.43. The van der Waals surface area contributed by atoms with Crippen LogP contribution in [-0.4, -0.2) is 32.3 Å². The molecular formula is C15H23NO3. The van der Waals surface area contributed by atoms with Crippen LogP contribution in [0, 0.1) is 0 Å². The third-order valence-electron chi connectivity index (χ3n) is 2.75. The highest BCUT2D eigenvalue weighted by Gasteiger charge is 2.12. The second kappa shape index (κ2) is 8.53. The molecule has 0 fully saturated rings. The second-order valence-electron chi connectivity index (χ2n) is 4.51. The number of nitrogens with one attached hydrogen (secondary N) is 1. The van der Waals surface area contributed by atoms with Crippen molar-refractivity contribution in [2.24, 2.45) is 0 Å². The number of hydrogen-bond donors (Lipinski definition) is 1. The molecule has 0 aliphatic heterocycles. The fourth-order valence-electron chi connectivity index (χ4n) is 1.65. The van der Waals surface area contributed by atoms with Gasteiger partial charge in [-0.1, -0.05) is 19.4 Å². The topological polar surface area (TPSA) is 47.6 Å². The summed E-state index contributed by atoms with van der Waals surface area (Å²) in [6.07, 6.45) is 2.15. The maximum absolute atomic E-state index is 11.9. The first-order chi connectivity index (χ1) is 9.17. The van der Waals surface area contributed by atoms with Crippen LogP contribution >= 0.6 is 0 Å².